The second kappa shape index (κ2) is 12.1. The van der Waals surface area contributed by atoms with Gasteiger partial charge in [0.05, 0.1) is 39.5 Å². The van der Waals surface area contributed by atoms with Gasteiger partial charge in [0.2, 0.25) is 17.7 Å². The van der Waals surface area contributed by atoms with Crippen LogP contribution in [0.4, 0.5) is 5.69 Å². The number of nitrogens with zero attached hydrogens (tertiary/aromatic N) is 1. The molecular formula is C23H27N3O7. The zero-order chi connectivity index (χ0) is 23.6. The fourth-order valence-electron chi connectivity index (χ4n) is 3.61. The van der Waals surface area contributed by atoms with Gasteiger partial charge in [-0.25, -0.2) is 0 Å². The molecule has 33 heavy (non-hydrogen) atoms. The summed E-state index contributed by atoms with van der Waals surface area (Å²) in [7, 11) is 0. The summed E-state index contributed by atoms with van der Waals surface area (Å²) in [5.41, 5.74) is 1.78. The molecule has 0 saturated carbocycles. The zero-order valence-corrected chi connectivity index (χ0v) is 18.3. The number of imide groups is 1. The molecule has 3 rings (SSSR count). The van der Waals surface area contributed by atoms with Gasteiger partial charge in [0.1, 0.15) is 12.6 Å². The summed E-state index contributed by atoms with van der Waals surface area (Å²) in [5, 5.41) is 5.07. The fraction of sp³-hybridized carbons (Fsp3) is 0.478. The van der Waals surface area contributed by atoms with Crippen LogP contribution < -0.4 is 10.6 Å². The van der Waals surface area contributed by atoms with E-state index in [9.17, 15) is 19.2 Å². The lowest BCUT2D eigenvalue weighted by molar-refractivity contribution is -0.137. The van der Waals surface area contributed by atoms with Gasteiger partial charge in [-0.05, 0) is 30.2 Å². The second-order valence-electron chi connectivity index (χ2n) is 7.55. The molecular weight excluding hydrogens is 430 g/mol. The van der Waals surface area contributed by atoms with Crippen molar-refractivity contribution >= 4 is 29.3 Å². The van der Waals surface area contributed by atoms with Gasteiger partial charge in [-0.15, -0.1) is 6.42 Å². The summed E-state index contributed by atoms with van der Waals surface area (Å²) < 4.78 is 15.8. The quantitative estimate of drug-likeness (QED) is 0.266. The Bertz CT molecular complexity index is 940. The number of terminal acetylenes is 1. The minimum atomic E-state index is -0.669. The first kappa shape index (κ1) is 24.4. The zero-order valence-electron chi connectivity index (χ0n) is 18.3. The maximum Gasteiger partial charge on any atom is 0.255 e. The van der Waals surface area contributed by atoms with E-state index in [1.807, 2.05) is 0 Å². The van der Waals surface area contributed by atoms with Crippen LogP contribution in [-0.2, 0) is 35.1 Å². The molecule has 2 aliphatic rings. The molecule has 1 saturated heterocycles. The van der Waals surface area contributed by atoms with Crippen molar-refractivity contribution in [1.82, 2.24) is 10.2 Å². The van der Waals surface area contributed by atoms with E-state index in [1.165, 1.54) is 4.90 Å². The predicted octanol–water partition coefficient (Wildman–Crippen LogP) is 0.459. The summed E-state index contributed by atoms with van der Waals surface area (Å²) in [6.07, 6.45) is 5.74. The maximum absolute atomic E-state index is 12.7. The highest BCUT2D eigenvalue weighted by Gasteiger charge is 2.39. The SMILES string of the molecule is C#CCOCCOCCOCCC(=O)Nc1ccc2c(c1)CN(C1CCC(=O)NC1=O)C2=O. The predicted molar refractivity (Wildman–Crippen MR) is 117 cm³/mol. The first-order chi connectivity index (χ1) is 16.0. The Morgan fingerprint density at radius 3 is 2.58 bits per heavy atom. The molecule has 1 atom stereocenters. The molecule has 10 nitrogen and oxygen atoms in total. The third-order valence-corrected chi connectivity index (χ3v) is 5.21. The number of hydrogen-bond donors (Lipinski definition) is 2. The Balaban J connectivity index is 1.38. The summed E-state index contributed by atoms with van der Waals surface area (Å²) in [6, 6.07) is 4.35. The van der Waals surface area contributed by atoms with Crippen molar-refractivity contribution in [1.29, 1.82) is 0 Å². The van der Waals surface area contributed by atoms with Gasteiger partial charge in [-0.1, -0.05) is 5.92 Å². The minimum absolute atomic E-state index is 0.170. The van der Waals surface area contributed by atoms with E-state index < -0.39 is 11.9 Å². The van der Waals surface area contributed by atoms with E-state index in [4.69, 9.17) is 20.6 Å². The largest absolute Gasteiger partial charge is 0.379 e. The number of carbonyl (C=O) groups is 4. The number of nitrogens with one attached hydrogen (secondary N) is 2. The molecule has 176 valence electrons. The van der Waals surface area contributed by atoms with Crippen molar-refractivity contribution in [2.45, 2.75) is 31.8 Å². The lowest BCUT2D eigenvalue weighted by Gasteiger charge is -2.29. The minimum Gasteiger partial charge on any atom is -0.379 e. The van der Waals surface area contributed by atoms with Crippen molar-refractivity contribution in [3.63, 3.8) is 0 Å². The van der Waals surface area contributed by atoms with Gasteiger partial charge in [-0.2, -0.15) is 0 Å². The van der Waals surface area contributed by atoms with Crippen LogP contribution in [0.25, 0.3) is 0 Å². The number of amides is 4. The first-order valence-electron chi connectivity index (χ1n) is 10.7. The molecule has 2 aliphatic heterocycles. The Morgan fingerprint density at radius 1 is 1.12 bits per heavy atom. The van der Waals surface area contributed by atoms with Gasteiger partial charge < -0.3 is 24.4 Å². The Hall–Kier alpha value is -3.26. The van der Waals surface area contributed by atoms with E-state index in [1.54, 1.807) is 18.2 Å². The number of ether oxygens (including phenoxy) is 3. The molecule has 0 aromatic heterocycles. The molecule has 1 fully saturated rings. The molecule has 1 aromatic carbocycles. The van der Waals surface area contributed by atoms with Crippen LogP contribution in [0.2, 0.25) is 0 Å². The molecule has 0 spiro atoms. The van der Waals surface area contributed by atoms with Crippen LogP contribution >= 0.6 is 0 Å². The highest BCUT2D eigenvalue weighted by atomic mass is 16.5. The number of benzene rings is 1. The highest BCUT2D eigenvalue weighted by Crippen LogP contribution is 2.29. The fourth-order valence-corrected chi connectivity index (χ4v) is 3.61. The maximum atomic E-state index is 12.7. The number of fused-ring (bicyclic) bond motifs is 1. The van der Waals surface area contributed by atoms with Crippen LogP contribution in [0.15, 0.2) is 18.2 Å². The van der Waals surface area contributed by atoms with Crippen molar-refractivity contribution in [2.24, 2.45) is 0 Å². The summed E-state index contributed by atoms with van der Waals surface area (Å²) in [6.45, 7) is 2.35. The third kappa shape index (κ3) is 6.86. The molecule has 1 aromatic rings. The van der Waals surface area contributed by atoms with Gasteiger partial charge in [0.15, 0.2) is 0 Å². The van der Waals surface area contributed by atoms with E-state index >= 15 is 0 Å². The van der Waals surface area contributed by atoms with Crippen LogP contribution in [0.1, 0.15) is 35.2 Å². The van der Waals surface area contributed by atoms with Gasteiger partial charge in [0, 0.05) is 24.2 Å². The number of anilines is 1. The molecule has 0 bridgehead atoms. The van der Waals surface area contributed by atoms with Gasteiger partial charge >= 0.3 is 0 Å². The molecule has 0 aliphatic carbocycles. The number of hydrogen-bond acceptors (Lipinski definition) is 7. The van der Waals surface area contributed by atoms with E-state index in [0.717, 1.165) is 5.56 Å². The Kier molecular flexibility index (Phi) is 8.95. The number of piperidine rings is 1. The molecule has 0 radical (unpaired) electrons. The van der Waals surface area contributed by atoms with Crippen LogP contribution in [0, 0.1) is 12.3 Å². The standard InChI is InChI=1S/C23H27N3O7/c1-2-8-31-10-12-33-13-11-32-9-7-21(28)24-17-3-4-18-16(14-17)15-26(23(18)30)19-5-6-20(27)25-22(19)29/h1,3-4,14,19H,5-13,15H2,(H,24,28)(H,25,27,29). The van der Waals surface area contributed by atoms with Crippen LogP contribution in [0.5, 0.6) is 0 Å². The summed E-state index contributed by atoms with van der Waals surface area (Å²) in [5.74, 6) is 1.11. The van der Waals surface area contributed by atoms with Crippen molar-refractivity contribution < 1.29 is 33.4 Å². The lowest BCUT2D eigenvalue weighted by atomic mass is 10.0. The van der Waals surface area contributed by atoms with E-state index in [-0.39, 0.29) is 50.3 Å². The molecule has 2 N–H and O–H groups in total. The average Bonchev–Trinajstić information content (AvgIpc) is 3.10. The van der Waals surface area contributed by atoms with Crippen LogP contribution in [-0.4, -0.2) is 74.2 Å². The summed E-state index contributed by atoms with van der Waals surface area (Å²) in [4.78, 5) is 49.8. The summed E-state index contributed by atoms with van der Waals surface area (Å²) >= 11 is 0. The topological polar surface area (TPSA) is 123 Å². The molecule has 10 heteroatoms. The van der Waals surface area contributed by atoms with Crippen molar-refractivity contribution in [3.05, 3.63) is 29.3 Å². The normalized spacial score (nSPS) is 17.5. The smallest absolute Gasteiger partial charge is 0.255 e. The number of carbonyl (C=O) groups excluding carboxylic acids is 4. The van der Waals surface area contributed by atoms with Crippen LogP contribution in [0.3, 0.4) is 0 Å². The second-order valence-corrected chi connectivity index (χ2v) is 7.55. The third-order valence-electron chi connectivity index (χ3n) is 5.21. The van der Waals surface area contributed by atoms with E-state index in [0.29, 0.717) is 44.1 Å². The lowest BCUT2D eigenvalue weighted by Crippen LogP contribution is -2.52. The van der Waals surface area contributed by atoms with Crippen molar-refractivity contribution in [3.8, 4) is 12.3 Å². The van der Waals surface area contributed by atoms with E-state index in [2.05, 4.69) is 16.6 Å². The molecule has 1 unspecified atom stereocenters. The highest BCUT2D eigenvalue weighted by molar-refractivity contribution is 6.05. The van der Waals surface area contributed by atoms with Gasteiger partial charge in [0.25, 0.3) is 5.91 Å². The van der Waals surface area contributed by atoms with Gasteiger partial charge in [-0.3, -0.25) is 24.5 Å². The average molecular weight is 457 g/mol. The Morgan fingerprint density at radius 2 is 1.85 bits per heavy atom. The monoisotopic (exact) mass is 457 g/mol. The number of rotatable bonds is 12. The molecule has 2 heterocycles. The van der Waals surface area contributed by atoms with Crippen molar-refractivity contribution in [2.75, 3.05) is 45.0 Å². The first-order valence-corrected chi connectivity index (χ1v) is 10.7. The Labute approximate surface area is 191 Å². The molecule has 4 amide bonds.